The molecule has 1 amide bonds. The summed E-state index contributed by atoms with van der Waals surface area (Å²) in [6, 6.07) is 8.62. The van der Waals surface area contributed by atoms with Crippen LogP contribution in [-0.4, -0.2) is 36.5 Å². The Labute approximate surface area is 121 Å². The number of amides is 1. The van der Waals surface area contributed by atoms with Crippen LogP contribution in [0.3, 0.4) is 0 Å². The van der Waals surface area contributed by atoms with Gasteiger partial charge in [0, 0.05) is 32.1 Å². The van der Waals surface area contributed by atoms with Crippen LogP contribution in [0.5, 0.6) is 0 Å². The molecule has 3 nitrogen and oxygen atoms in total. The number of carbonyl (C=O) groups excluding carboxylic acids is 1. The van der Waals surface area contributed by atoms with Crippen molar-refractivity contribution in [3.63, 3.8) is 0 Å². The van der Waals surface area contributed by atoms with Crippen molar-refractivity contribution in [3.05, 3.63) is 35.4 Å². The van der Waals surface area contributed by atoms with Crippen LogP contribution in [0.4, 0.5) is 0 Å². The maximum absolute atomic E-state index is 12.2. The maximum Gasteiger partial charge on any atom is 0.223 e. The van der Waals surface area contributed by atoms with E-state index in [1.54, 1.807) is 0 Å². The zero-order valence-electron chi connectivity index (χ0n) is 11.7. The minimum atomic E-state index is 0. The number of nitrogens with zero attached hydrogens (tertiary/aromatic N) is 1. The number of aryl methyl sites for hydroxylation is 2. The van der Waals surface area contributed by atoms with Crippen molar-refractivity contribution in [1.29, 1.82) is 0 Å². The van der Waals surface area contributed by atoms with E-state index in [0.717, 1.165) is 26.1 Å². The monoisotopic (exact) mass is 282 g/mol. The Hall–Kier alpha value is -1.06. The van der Waals surface area contributed by atoms with E-state index in [1.165, 1.54) is 11.1 Å². The summed E-state index contributed by atoms with van der Waals surface area (Å²) in [5, 5.41) is 3.31. The van der Waals surface area contributed by atoms with Crippen molar-refractivity contribution in [1.82, 2.24) is 10.2 Å². The third-order valence-electron chi connectivity index (χ3n) is 3.69. The van der Waals surface area contributed by atoms with Gasteiger partial charge in [-0.3, -0.25) is 4.79 Å². The molecule has 1 heterocycles. The first-order valence-electron chi connectivity index (χ1n) is 6.73. The average molecular weight is 283 g/mol. The third-order valence-corrected chi connectivity index (χ3v) is 3.69. The van der Waals surface area contributed by atoms with Gasteiger partial charge in [-0.2, -0.15) is 0 Å². The van der Waals surface area contributed by atoms with Gasteiger partial charge in [0.25, 0.3) is 0 Å². The normalized spacial score (nSPS) is 18.8. The number of piperazine rings is 1. The van der Waals surface area contributed by atoms with E-state index in [4.69, 9.17) is 0 Å². The fourth-order valence-corrected chi connectivity index (χ4v) is 2.49. The number of benzene rings is 1. The highest BCUT2D eigenvalue weighted by Gasteiger charge is 2.22. The lowest BCUT2D eigenvalue weighted by Crippen LogP contribution is -2.52. The number of hydrogen-bond donors (Lipinski definition) is 1. The molecule has 1 fully saturated rings. The van der Waals surface area contributed by atoms with Crippen molar-refractivity contribution in [2.24, 2.45) is 0 Å². The van der Waals surface area contributed by atoms with Crippen LogP contribution < -0.4 is 5.32 Å². The molecule has 1 N–H and O–H groups in total. The van der Waals surface area contributed by atoms with Gasteiger partial charge in [-0.05, 0) is 31.4 Å². The molecule has 0 spiro atoms. The summed E-state index contributed by atoms with van der Waals surface area (Å²) in [5.41, 5.74) is 2.56. The van der Waals surface area contributed by atoms with Gasteiger partial charge in [-0.25, -0.2) is 0 Å². The largest absolute Gasteiger partial charge is 0.337 e. The number of halogens is 1. The maximum atomic E-state index is 12.2. The Morgan fingerprint density at radius 2 is 2.16 bits per heavy atom. The second-order valence-corrected chi connectivity index (χ2v) is 5.07. The lowest BCUT2D eigenvalue weighted by Gasteiger charge is -2.34. The van der Waals surface area contributed by atoms with Crippen molar-refractivity contribution in [3.8, 4) is 0 Å². The molecule has 0 radical (unpaired) electrons. The quantitative estimate of drug-likeness (QED) is 0.922. The van der Waals surface area contributed by atoms with Gasteiger partial charge in [-0.1, -0.05) is 24.3 Å². The van der Waals surface area contributed by atoms with Crippen LogP contribution in [0.25, 0.3) is 0 Å². The molecule has 0 aromatic heterocycles. The summed E-state index contributed by atoms with van der Waals surface area (Å²) in [6.07, 6.45) is 1.47. The van der Waals surface area contributed by atoms with E-state index >= 15 is 0 Å². The van der Waals surface area contributed by atoms with E-state index in [2.05, 4.69) is 31.3 Å². The second-order valence-electron chi connectivity index (χ2n) is 5.07. The molecule has 1 aliphatic heterocycles. The SMILES string of the molecule is Cc1ccccc1CCC(=O)N1CCNC[C@@H]1C.Cl. The Balaban J connectivity index is 0.00000180. The van der Waals surface area contributed by atoms with Crippen molar-refractivity contribution in [2.45, 2.75) is 32.7 Å². The van der Waals surface area contributed by atoms with Gasteiger partial charge >= 0.3 is 0 Å². The van der Waals surface area contributed by atoms with E-state index in [1.807, 2.05) is 17.0 Å². The molecule has 2 rings (SSSR count). The van der Waals surface area contributed by atoms with Crippen LogP contribution in [-0.2, 0) is 11.2 Å². The van der Waals surface area contributed by atoms with Crippen LogP contribution in [0.2, 0.25) is 0 Å². The average Bonchev–Trinajstić information content (AvgIpc) is 2.38. The minimum Gasteiger partial charge on any atom is -0.337 e. The standard InChI is InChI=1S/C15H22N2O.ClH/c1-12-5-3-4-6-14(12)7-8-15(18)17-10-9-16-11-13(17)2;/h3-6,13,16H,7-11H2,1-2H3;1H/t13-;/m0./s1. The highest BCUT2D eigenvalue weighted by Crippen LogP contribution is 2.12. The molecule has 4 heteroatoms. The molecule has 1 saturated heterocycles. The first-order chi connectivity index (χ1) is 8.68. The van der Waals surface area contributed by atoms with Gasteiger partial charge in [0.15, 0.2) is 0 Å². The third kappa shape index (κ3) is 4.22. The number of hydrogen-bond acceptors (Lipinski definition) is 2. The van der Waals surface area contributed by atoms with E-state index in [9.17, 15) is 4.79 Å². The Bertz CT molecular complexity index is 422. The Morgan fingerprint density at radius 3 is 2.84 bits per heavy atom. The predicted molar refractivity (Wildman–Crippen MR) is 80.8 cm³/mol. The Kier molecular flexibility index (Phi) is 6.32. The van der Waals surface area contributed by atoms with Crippen LogP contribution >= 0.6 is 12.4 Å². The fourth-order valence-electron chi connectivity index (χ4n) is 2.49. The molecule has 0 unspecified atom stereocenters. The molecule has 19 heavy (non-hydrogen) atoms. The van der Waals surface area contributed by atoms with Gasteiger partial charge in [0.2, 0.25) is 5.91 Å². The molecule has 106 valence electrons. The lowest BCUT2D eigenvalue weighted by atomic mass is 10.0. The Morgan fingerprint density at radius 1 is 1.42 bits per heavy atom. The summed E-state index contributed by atoms with van der Waals surface area (Å²) in [4.78, 5) is 14.2. The summed E-state index contributed by atoms with van der Waals surface area (Å²) in [6.45, 7) is 6.88. The minimum absolute atomic E-state index is 0. The number of nitrogens with one attached hydrogen (secondary N) is 1. The summed E-state index contributed by atoms with van der Waals surface area (Å²) < 4.78 is 0. The summed E-state index contributed by atoms with van der Waals surface area (Å²) in [5.74, 6) is 0.284. The van der Waals surface area contributed by atoms with Gasteiger partial charge in [0.1, 0.15) is 0 Å². The molecule has 1 aliphatic rings. The molecule has 0 saturated carbocycles. The fraction of sp³-hybridized carbons (Fsp3) is 0.533. The summed E-state index contributed by atoms with van der Waals surface area (Å²) >= 11 is 0. The molecule has 0 aliphatic carbocycles. The first kappa shape index (κ1) is 16.0. The van der Waals surface area contributed by atoms with E-state index < -0.39 is 0 Å². The van der Waals surface area contributed by atoms with Crippen LogP contribution in [0.15, 0.2) is 24.3 Å². The molecular formula is C15H23ClN2O. The number of carbonyl (C=O) groups is 1. The highest BCUT2D eigenvalue weighted by molar-refractivity contribution is 5.85. The van der Waals surface area contributed by atoms with Gasteiger partial charge < -0.3 is 10.2 Å². The van der Waals surface area contributed by atoms with Crippen molar-refractivity contribution < 1.29 is 4.79 Å². The molecular weight excluding hydrogens is 260 g/mol. The molecule has 0 bridgehead atoms. The molecule has 1 aromatic carbocycles. The number of rotatable bonds is 3. The van der Waals surface area contributed by atoms with Crippen molar-refractivity contribution >= 4 is 18.3 Å². The van der Waals surface area contributed by atoms with Crippen molar-refractivity contribution in [2.75, 3.05) is 19.6 Å². The van der Waals surface area contributed by atoms with Crippen LogP contribution in [0, 0.1) is 6.92 Å². The topological polar surface area (TPSA) is 32.3 Å². The lowest BCUT2D eigenvalue weighted by molar-refractivity contribution is -0.133. The van der Waals surface area contributed by atoms with Gasteiger partial charge in [-0.15, -0.1) is 12.4 Å². The first-order valence-corrected chi connectivity index (χ1v) is 6.73. The van der Waals surface area contributed by atoms with E-state index in [-0.39, 0.29) is 18.3 Å². The molecule has 1 aromatic rings. The van der Waals surface area contributed by atoms with Crippen LogP contribution in [0.1, 0.15) is 24.5 Å². The second kappa shape index (κ2) is 7.51. The predicted octanol–water partition coefficient (Wildman–Crippen LogP) is 2.17. The van der Waals surface area contributed by atoms with Gasteiger partial charge in [0.05, 0.1) is 0 Å². The zero-order valence-corrected chi connectivity index (χ0v) is 12.5. The summed E-state index contributed by atoms with van der Waals surface area (Å²) in [7, 11) is 0. The smallest absolute Gasteiger partial charge is 0.223 e. The van der Waals surface area contributed by atoms with E-state index in [0.29, 0.717) is 12.5 Å². The molecule has 1 atom stereocenters. The highest BCUT2D eigenvalue weighted by atomic mass is 35.5. The zero-order chi connectivity index (χ0) is 13.0.